The maximum absolute atomic E-state index is 11.6. The van der Waals surface area contributed by atoms with E-state index in [2.05, 4.69) is 5.43 Å². The van der Waals surface area contributed by atoms with E-state index in [-0.39, 0.29) is 5.56 Å². The Balaban J connectivity index is 2.58. The summed E-state index contributed by atoms with van der Waals surface area (Å²) in [6.45, 7) is 5.72. The largest absolute Gasteiger partial charge is 0.478 e. The molecular weight excluding hydrogens is 260 g/mol. The summed E-state index contributed by atoms with van der Waals surface area (Å²) in [6.07, 6.45) is -0.547. The topological polar surface area (TPSA) is 78.9 Å². The minimum Gasteiger partial charge on any atom is -0.478 e. The van der Waals surface area contributed by atoms with Crippen LogP contribution in [0.15, 0.2) is 24.3 Å². The number of hydrazine groups is 1. The van der Waals surface area contributed by atoms with Gasteiger partial charge in [0.2, 0.25) is 0 Å². The second-order valence-corrected chi connectivity index (χ2v) is 5.48. The first-order chi connectivity index (χ1) is 9.17. The summed E-state index contributed by atoms with van der Waals surface area (Å²) in [5.41, 5.74) is 2.99. The Labute approximate surface area is 118 Å². The van der Waals surface area contributed by atoms with E-state index in [1.807, 2.05) is 0 Å². The van der Waals surface area contributed by atoms with Gasteiger partial charge in [0.25, 0.3) is 0 Å². The summed E-state index contributed by atoms with van der Waals surface area (Å²) in [5.74, 6) is -0.977. The van der Waals surface area contributed by atoms with E-state index in [9.17, 15) is 9.59 Å². The highest BCUT2D eigenvalue weighted by Crippen LogP contribution is 2.09. The summed E-state index contributed by atoms with van der Waals surface area (Å²) in [5, 5.41) is 10.4. The van der Waals surface area contributed by atoms with Crippen LogP contribution >= 0.6 is 0 Å². The molecule has 0 radical (unpaired) electrons. The van der Waals surface area contributed by atoms with Crippen LogP contribution in [-0.4, -0.2) is 34.8 Å². The van der Waals surface area contributed by atoms with Crippen LogP contribution in [0.1, 0.15) is 36.7 Å². The van der Waals surface area contributed by atoms with Gasteiger partial charge in [0.1, 0.15) is 5.60 Å². The molecule has 0 saturated carbocycles. The molecule has 1 rings (SSSR count). The van der Waals surface area contributed by atoms with Crippen molar-refractivity contribution in [2.24, 2.45) is 0 Å². The van der Waals surface area contributed by atoms with Crippen LogP contribution in [0.4, 0.5) is 4.79 Å². The van der Waals surface area contributed by atoms with Gasteiger partial charge in [0, 0.05) is 13.6 Å². The van der Waals surface area contributed by atoms with Crippen molar-refractivity contribution in [2.75, 3.05) is 7.05 Å². The number of rotatable bonds is 4. The molecule has 0 spiro atoms. The van der Waals surface area contributed by atoms with Crippen LogP contribution in [0.3, 0.4) is 0 Å². The average molecular weight is 280 g/mol. The average Bonchev–Trinajstić information content (AvgIpc) is 2.25. The Morgan fingerprint density at radius 1 is 1.35 bits per heavy atom. The Bertz CT molecular complexity index is 494. The third kappa shape index (κ3) is 5.71. The zero-order chi connectivity index (χ0) is 15.3. The fourth-order valence-electron chi connectivity index (χ4n) is 1.57. The lowest BCUT2D eigenvalue weighted by Crippen LogP contribution is -2.42. The van der Waals surface area contributed by atoms with Crippen LogP contribution in [-0.2, 0) is 11.3 Å². The summed E-state index contributed by atoms with van der Waals surface area (Å²) < 4.78 is 5.12. The summed E-state index contributed by atoms with van der Waals surface area (Å²) in [6, 6.07) is 6.54. The zero-order valence-corrected chi connectivity index (χ0v) is 12.1. The summed E-state index contributed by atoms with van der Waals surface area (Å²) in [7, 11) is 1.68. The van der Waals surface area contributed by atoms with E-state index < -0.39 is 17.7 Å². The lowest BCUT2D eigenvalue weighted by molar-refractivity contribution is 0.0358. The Morgan fingerprint density at radius 3 is 2.55 bits per heavy atom. The zero-order valence-electron chi connectivity index (χ0n) is 12.1. The number of carbonyl (C=O) groups is 2. The minimum atomic E-state index is -0.977. The summed E-state index contributed by atoms with van der Waals surface area (Å²) >= 11 is 0. The molecule has 0 heterocycles. The number of carbonyl (C=O) groups excluding carboxylic acids is 1. The third-order valence-electron chi connectivity index (χ3n) is 2.27. The standard InChI is InChI=1S/C14H20N2O4/c1-14(2,3)20-13(19)15-16(4)9-10-6-5-7-11(8-10)12(17)18/h5-8H,9H2,1-4H3,(H,15,19)(H,17,18). The van der Waals surface area contributed by atoms with Crippen LogP contribution in [0.2, 0.25) is 0 Å². The number of hydrogen-bond acceptors (Lipinski definition) is 4. The smallest absolute Gasteiger partial charge is 0.422 e. The highest BCUT2D eigenvalue weighted by molar-refractivity contribution is 5.87. The Kier molecular flexibility index (Phi) is 5.10. The van der Waals surface area contributed by atoms with E-state index in [0.29, 0.717) is 6.54 Å². The quantitative estimate of drug-likeness (QED) is 0.827. The molecule has 0 atom stereocenters. The second kappa shape index (κ2) is 6.38. The van der Waals surface area contributed by atoms with Crippen molar-refractivity contribution < 1.29 is 19.4 Å². The van der Waals surface area contributed by atoms with Gasteiger partial charge in [0.15, 0.2) is 0 Å². The molecule has 0 bridgehead atoms. The normalized spacial score (nSPS) is 11.2. The predicted octanol–water partition coefficient (Wildman–Crippen LogP) is 2.26. The fraction of sp³-hybridized carbons (Fsp3) is 0.429. The molecule has 6 nitrogen and oxygen atoms in total. The van der Waals surface area contributed by atoms with Crippen LogP contribution < -0.4 is 5.43 Å². The van der Waals surface area contributed by atoms with Gasteiger partial charge in [-0.3, -0.25) is 5.43 Å². The van der Waals surface area contributed by atoms with Gasteiger partial charge in [-0.1, -0.05) is 12.1 Å². The molecule has 0 fully saturated rings. The highest BCUT2D eigenvalue weighted by atomic mass is 16.6. The van der Waals surface area contributed by atoms with E-state index in [0.717, 1.165) is 5.56 Å². The maximum atomic E-state index is 11.6. The number of benzene rings is 1. The Hall–Kier alpha value is -2.08. The van der Waals surface area contributed by atoms with Crippen LogP contribution in [0.5, 0.6) is 0 Å². The SMILES string of the molecule is CN(Cc1cccc(C(=O)O)c1)NC(=O)OC(C)(C)C. The van der Waals surface area contributed by atoms with E-state index in [1.165, 1.54) is 11.1 Å². The van der Waals surface area contributed by atoms with Crippen molar-refractivity contribution in [2.45, 2.75) is 32.9 Å². The lowest BCUT2D eigenvalue weighted by atomic mass is 10.1. The molecule has 0 aromatic heterocycles. The van der Waals surface area contributed by atoms with Gasteiger partial charge in [-0.2, -0.15) is 0 Å². The van der Waals surface area contributed by atoms with Gasteiger partial charge >= 0.3 is 12.1 Å². The number of nitrogens with one attached hydrogen (secondary N) is 1. The van der Waals surface area contributed by atoms with Gasteiger partial charge in [-0.15, -0.1) is 0 Å². The molecule has 1 aromatic rings. The highest BCUT2D eigenvalue weighted by Gasteiger charge is 2.17. The molecule has 0 unspecified atom stereocenters. The van der Waals surface area contributed by atoms with Crippen LogP contribution in [0, 0.1) is 0 Å². The first-order valence-electron chi connectivity index (χ1n) is 6.20. The van der Waals surface area contributed by atoms with Crippen molar-refractivity contribution in [1.82, 2.24) is 10.4 Å². The van der Waals surface area contributed by atoms with Crippen molar-refractivity contribution in [1.29, 1.82) is 0 Å². The van der Waals surface area contributed by atoms with E-state index in [4.69, 9.17) is 9.84 Å². The molecular formula is C14H20N2O4. The van der Waals surface area contributed by atoms with Gasteiger partial charge < -0.3 is 9.84 Å². The molecule has 1 aromatic carbocycles. The number of hydrogen-bond donors (Lipinski definition) is 2. The number of carboxylic acids is 1. The van der Waals surface area contributed by atoms with Gasteiger partial charge in [-0.25, -0.2) is 14.6 Å². The molecule has 0 aliphatic rings. The number of nitrogens with zero attached hydrogens (tertiary/aromatic N) is 1. The number of aromatic carboxylic acids is 1. The van der Waals surface area contributed by atoms with E-state index in [1.54, 1.807) is 46.0 Å². The molecule has 2 N–H and O–H groups in total. The van der Waals surface area contributed by atoms with Crippen LogP contribution in [0.25, 0.3) is 0 Å². The number of carboxylic acid groups (broad SMARTS) is 1. The number of amides is 1. The fourth-order valence-corrected chi connectivity index (χ4v) is 1.57. The molecule has 6 heteroatoms. The molecule has 0 aliphatic carbocycles. The first kappa shape index (κ1) is 16.0. The Morgan fingerprint density at radius 2 is 2.00 bits per heavy atom. The minimum absolute atomic E-state index is 0.216. The van der Waals surface area contributed by atoms with Crippen molar-refractivity contribution >= 4 is 12.1 Å². The molecule has 0 saturated heterocycles. The van der Waals surface area contributed by atoms with Crippen molar-refractivity contribution in [3.63, 3.8) is 0 Å². The van der Waals surface area contributed by atoms with E-state index >= 15 is 0 Å². The second-order valence-electron chi connectivity index (χ2n) is 5.48. The number of ether oxygens (including phenoxy) is 1. The predicted molar refractivity (Wildman–Crippen MR) is 74.2 cm³/mol. The summed E-state index contributed by atoms with van der Waals surface area (Å²) in [4.78, 5) is 22.4. The first-order valence-corrected chi connectivity index (χ1v) is 6.20. The maximum Gasteiger partial charge on any atom is 0.422 e. The monoisotopic (exact) mass is 280 g/mol. The van der Waals surface area contributed by atoms with Crippen molar-refractivity contribution in [3.8, 4) is 0 Å². The lowest BCUT2D eigenvalue weighted by Gasteiger charge is -2.23. The van der Waals surface area contributed by atoms with Crippen molar-refractivity contribution in [3.05, 3.63) is 35.4 Å². The molecule has 20 heavy (non-hydrogen) atoms. The molecule has 0 aliphatic heterocycles. The van der Waals surface area contributed by atoms with Gasteiger partial charge in [-0.05, 0) is 38.5 Å². The van der Waals surface area contributed by atoms with Gasteiger partial charge in [0.05, 0.1) is 5.56 Å². The molecule has 1 amide bonds. The molecule has 110 valence electrons. The third-order valence-corrected chi connectivity index (χ3v) is 2.27.